The van der Waals surface area contributed by atoms with Gasteiger partial charge in [0, 0.05) is 20.2 Å². The second-order valence-corrected chi connectivity index (χ2v) is 9.91. The number of likely N-dealkylation sites (tertiary alicyclic amines) is 1. The van der Waals surface area contributed by atoms with Crippen LogP contribution < -0.4 is 0 Å². The van der Waals surface area contributed by atoms with Crippen molar-refractivity contribution >= 4 is 6.09 Å². The second kappa shape index (κ2) is 8.44. The third-order valence-corrected chi connectivity index (χ3v) is 6.69. The Morgan fingerprint density at radius 2 is 1.86 bits per heavy atom. The maximum atomic E-state index is 12.4. The van der Waals surface area contributed by atoms with Crippen molar-refractivity contribution in [3.05, 3.63) is 35.9 Å². The largest absolute Gasteiger partial charge is 0.444 e. The number of hydrogen-bond donors (Lipinski definition) is 0. The highest BCUT2D eigenvalue weighted by Gasteiger charge is 2.46. The lowest BCUT2D eigenvalue weighted by molar-refractivity contribution is -0.0310. The molecule has 0 spiro atoms. The van der Waals surface area contributed by atoms with E-state index in [2.05, 4.69) is 37.3 Å². The van der Waals surface area contributed by atoms with Gasteiger partial charge in [0.25, 0.3) is 0 Å². The number of hydrogen-bond acceptors (Lipinski definition) is 3. The van der Waals surface area contributed by atoms with Crippen LogP contribution in [0.1, 0.15) is 64.9 Å². The molecule has 3 atom stereocenters. The molecule has 1 saturated heterocycles. The van der Waals surface area contributed by atoms with Crippen LogP contribution in [0.3, 0.4) is 0 Å². The van der Waals surface area contributed by atoms with E-state index in [1.54, 1.807) is 7.11 Å². The van der Waals surface area contributed by atoms with Crippen molar-refractivity contribution < 1.29 is 14.3 Å². The third-order valence-electron chi connectivity index (χ3n) is 6.69. The molecule has 1 heterocycles. The summed E-state index contributed by atoms with van der Waals surface area (Å²) in [7, 11) is 1.80. The van der Waals surface area contributed by atoms with E-state index in [4.69, 9.17) is 9.47 Å². The molecule has 0 bridgehead atoms. The molecule has 4 heteroatoms. The molecule has 156 valence electrons. The van der Waals surface area contributed by atoms with Crippen LogP contribution in [-0.2, 0) is 9.47 Å². The second-order valence-electron chi connectivity index (χ2n) is 9.91. The first-order valence-electron chi connectivity index (χ1n) is 10.8. The molecule has 1 aliphatic heterocycles. The van der Waals surface area contributed by atoms with Crippen LogP contribution in [0.15, 0.2) is 30.3 Å². The molecule has 4 nitrogen and oxygen atoms in total. The summed E-state index contributed by atoms with van der Waals surface area (Å²) in [5, 5.41) is 0. The number of benzene rings is 1. The van der Waals surface area contributed by atoms with Crippen LogP contribution in [-0.4, -0.2) is 43.4 Å². The average molecular weight is 388 g/mol. The van der Waals surface area contributed by atoms with Crippen molar-refractivity contribution in [2.24, 2.45) is 17.3 Å². The van der Waals surface area contributed by atoms with Gasteiger partial charge in [0.15, 0.2) is 0 Å². The molecule has 1 amide bonds. The predicted molar refractivity (Wildman–Crippen MR) is 112 cm³/mol. The Morgan fingerprint density at radius 1 is 1.21 bits per heavy atom. The summed E-state index contributed by atoms with van der Waals surface area (Å²) in [6.07, 6.45) is 4.35. The number of rotatable bonds is 6. The van der Waals surface area contributed by atoms with Crippen molar-refractivity contribution in [2.75, 3.05) is 26.8 Å². The number of amides is 1. The van der Waals surface area contributed by atoms with Crippen molar-refractivity contribution in [3.63, 3.8) is 0 Å². The molecule has 0 radical (unpaired) electrons. The molecule has 1 unspecified atom stereocenters. The molecular formula is C24H37NO3. The highest BCUT2D eigenvalue weighted by molar-refractivity contribution is 5.68. The monoisotopic (exact) mass is 387 g/mol. The van der Waals surface area contributed by atoms with E-state index in [1.165, 1.54) is 18.4 Å². The van der Waals surface area contributed by atoms with E-state index in [0.717, 1.165) is 44.4 Å². The normalized spacial score (nSPS) is 25.2. The quantitative estimate of drug-likeness (QED) is 0.649. The number of carbonyl (C=O) groups excluding carboxylic acids is 1. The van der Waals surface area contributed by atoms with Gasteiger partial charge in [0.1, 0.15) is 5.60 Å². The van der Waals surface area contributed by atoms with Gasteiger partial charge in [-0.2, -0.15) is 0 Å². The van der Waals surface area contributed by atoms with Crippen molar-refractivity contribution in [1.29, 1.82) is 0 Å². The van der Waals surface area contributed by atoms with Gasteiger partial charge in [0.05, 0.1) is 6.61 Å². The van der Waals surface area contributed by atoms with Gasteiger partial charge in [-0.1, -0.05) is 37.3 Å². The minimum absolute atomic E-state index is 0.164. The minimum Gasteiger partial charge on any atom is -0.444 e. The zero-order valence-corrected chi connectivity index (χ0v) is 18.2. The first kappa shape index (κ1) is 21.2. The van der Waals surface area contributed by atoms with Gasteiger partial charge in [-0.3, -0.25) is 0 Å². The van der Waals surface area contributed by atoms with Crippen LogP contribution in [0.2, 0.25) is 0 Å². The number of piperidine rings is 1. The summed E-state index contributed by atoms with van der Waals surface area (Å²) < 4.78 is 11.2. The Hall–Kier alpha value is -1.55. The zero-order chi connectivity index (χ0) is 20.4. The van der Waals surface area contributed by atoms with E-state index < -0.39 is 5.60 Å². The van der Waals surface area contributed by atoms with Crippen LogP contribution in [0, 0.1) is 17.3 Å². The molecule has 28 heavy (non-hydrogen) atoms. The van der Waals surface area contributed by atoms with E-state index >= 15 is 0 Å². The smallest absolute Gasteiger partial charge is 0.410 e. The number of nitrogens with zero attached hydrogens (tertiary/aromatic N) is 1. The Balaban J connectivity index is 1.57. The fourth-order valence-corrected chi connectivity index (χ4v) is 4.85. The standard InChI is InChI=1S/C24H37NO3/c1-18(15-20-16-21(20)19-9-7-6-8-10-19)24(17-27-5)11-13-25(14-12-24)22(26)28-23(2,3)4/h6-10,18,20-21H,11-17H2,1-5H3/t18?,20-,21+/m1/s1. The number of carbonyl (C=O) groups is 1. The average Bonchev–Trinajstić information content (AvgIpc) is 3.41. The predicted octanol–water partition coefficient (Wildman–Crippen LogP) is 5.48. The lowest BCUT2D eigenvalue weighted by Gasteiger charge is -2.45. The number of methoxy groups -OCH3 is 1. The molecular weight excluding hydrogens is 350 g/mol. The van der Waals surface area contributed by atoms with Gasteiger partial charge in [-0.05, 0) is 75.2 Å². The summed E-state index contributed by atoms with van der Waals surface area (Å²) in [6, 6.07) is 10.9. The fraction of sp³-hybridized carbons (Fsp3) is 0.708. The van der Waals surface area contributed by atoms with Crippen molar-refractivity contribution in [3.8, 4) is 0 Å². The van der Waals surface area contributed by atoms with Gasteiger partial charge >= 0.3 is 6.09 Å². The first-order chi connectivity index (χ1) is 13.2. The van der Waals surface area contributed by atoms with E-state index in [-0.39, 0.29) is 11.5 Å². The van der Waals surface area contributed by atoms with Crippen LogP contribution in [0.25, 0.3) is 0 Å². The Kier molecular flexibility index (Phi) is 6.38. The van der Waals surface area contributed by atoms with Crippen molar-refractivity contribution in [2.45, 2.75) is 64.9 Å². The Bertz CT molecular complexity index is 644. The molecule has 1 saturated carbocycles. The van der Waals surface area contributed by atoms with Crippen LogP contribution >= 0.6 is 0 Å². The molecule has 2 aliphatic rings. The molecule has 0 aromatic heterocycles. The summed E-state index contributed by atoms with van der Waals surface area (Å²) >= 11 is 0. The summed E-state index contributed by atoms with van der Waals surface area (Å²) in [4.78, 5) is 14.3. The molecule has 1 aromatic rings. The molecule has 1 aliphatic carbocycles. The number of ether oxygens (including phenoxy) is 2. The first-order valence-corrected chi connectivity index (χ1v) is 10.8. The van der Waals surface area contributed by atoms with E-state index in [1.807, 2.05) is 25.7 Å². The van der Waals surface area contributed by atoms with Gasteiger partial charge in [-0.25, -0.2) is 4.79 Å². The topological polar surface area (TPSA) is 38.8 Å². The molecule has 2 fully saturated rings. The Morgan fingerprint density at radius 3 is 2.43 bits per heavy atom. The lowest BCUT2D eigenvalue weighted by Crippen LogP contribution is -2.49. The van der Waals surface area contributed by atoms with Gasteiger partial charge in [-0.15, -0.1) is 0 Å². The zero-order valence-electron chi connectivity index (χ0n) is 18.2. The summed E-state index contributed by atoms with van der Waals surface area (Å²) in [6.45, 7) is 10.5. The highest BCUT2D eigenvalue weighted by atomic mass is 16.6. The van der Waals surface area contributed by atoms with E-state index in [9.17, 15) is 4.79 Å². The maximum absolute atomic E-state index is 12.4. The molecule has 0 N–H and O–H groups in total. The Labute approximate surface area is 170 Å². The maximum Gasteiger partial charge on any atom is 0.410 e. The van der Waals surface area contributed by atoms with Gasteiger partial charge in [0.2, 0.25) is 0 Å². The van der Waals surface area contributed by atoms with E-state index in [0.29, 0.717) is 5.92 Å². The lowest BCUT2D eigenvalue weighted by atomic mass is 9.68. The highest BCUT2D eigenvalue weighted by Crippen LogP contribution is 2.54. The third kappa shape index (κ3) is 5.08. The summed E-state index contributed by atoms with van der Waals surface area (Å²) in [5.41, 5.74) is 1.21. The van der Waals surface area contributed by atoms with Gasteiger partial charge < -0.3 is 14.4 Å². The molecule has 1 aromatic carbocycles. The van der Waals surface area contributed by atoms with Crippen molar-refractivity contribution in [1.82, 2.24) is 4.90 Å². The minimum atomic E-state index is -0.441. The SMILES string of the molecule is COCC1(C(C)C[C@@H]2C[C@H]2c2ccccc2)CCN(C(=O)OC(C)(C)C)CC1. The molecule has 3 rings (SSSR count). The summed E-state index contributed by atoms with van der Waals surface area (Å²) in [5.74, 6) is 2.10. The fourth-order valence-electron chi connectivity index (χ4n) is 4.85. The van der Waals surface area contributed by atoms with Crippen LogP contribution in [0.4, 0.5) is 4.79 Å². The van der Waals surface area contributed by atoms with Crippen LogP contribution in [0.5, 0.6) is 0 Å².